The largest absolute Gasteiger partial charge is 0.467 e. The predicted molar refractivity (Wildman–Crippen MR) is 115 cm³/mol. The fourth-order valence-electron chi connectivity index (χ4n) is 3.22. The first-order chi connectivity index (χ1) is 15.1. The van der Waals surface area contributed by atoms with Crippen LogP contribution in [-0.4, -0.2) is 41.6 Å². The summed E-state index contributed by atoms with van der Waals surface area (Å²) in [6, 6.07) is 13.9. The molecule has 3 aromatic heterocycles. The minimum atomic E-state index is -0.0906. The summed E-state index contributed by atoms with van der Waals surface area (Å²) in [6.45, 7) is 5.55. The van der Waals surface area contributed by atoms with Gasteiger partial charge in [-0.1, -0.05) is 42.1 Å². The van der Waals surface area contributed by atoms with Crippen molar-refractivity contribution in [2.75, 3.05) is 5.75 Å². The molecule has 0 unspecified atom stereocenters. The SMILES string of the molecule is Cc1nn(Cc2ccccc2)c(C)c1CNC(=O)CSc1nnnn1Cc1ccco1. The van der Waals surface area contributed by atoms with Gasteiger partial charge in [0, 0.05) is 17.8 Å². The monoisotopic (exact) mass is 437 g/mol. The molecular weight excluding hydrogens is 414 g/mol. The highest BCUT2D eigenvalue weighted by atomic mass is 32.2. The molecule has 1 aromatic carbocycles. The van der Waals surface area contributed by atoms with Gasteiger partial charge in [0.1, 0.15) is 12.3 Å². The number of nitrogens with one attached hydrogen (secondary N) is 1. The first kappa shape index (κ1) is 20.9. The van der Waals surface area contributed by atoms with E-state index >= 15 is 0 Å². The van der Waals surface area contributed by atoms with Gasteiger partial charge in [-0.25, -0.2) is 4.68 Å². The van der Waals surface area contributed by atoms with Gasteiger partial charge < -0.3 is 9.73 Å². The zero-order valence-corrected chi connectivity index (χ0v) is 18.2. The maximum absolute atomic E-state index is 12.4. The Morgan fingerprint density at radius 1 is 1.10 bits per heavy atom. The summed E-state index contributed by atoms with van der Waals surface area (Å²) in [5, 5.41) is 19.8. The van der Waals surface area contributed by atoms with Crippen molar-refractivity contribution in [2.24, 2.45) is 0 Å². The van der Waals surface area contributed by atoms with E-state index in [-0.39, 0.29) is 11.7 Å². The van der Waals surface area contributed by atoms with Crippen LogP contribution in [0.1, 0.15) is 28.3 Å². The molecule has 0 aliphatic carbocycles. The Morgan fingerprint density at radius 2 is 1.94 bits per heavy atom. The van der Waals surface area contributed by atoms with E-state index in [1.54, 1.807) is 10.9 Å². The van der Waals surface area contributed by atoms with Crippen LogP contribution < -0.4 is 5.32 Å². The minimum Gasteiger partial charge on any atom is -0.467 e. The van der Waals surface area contributed by atoms with Crippen LogP contribution in [0.15, 0.2) is 58.3 Å². The quantitative estimate of drug-likeness (QED) is 0.401. The summed E-state index contributed by atoms with van der Waals surface area (Å²) in [5.41, 5.74) is 4.20. The minimum absolute atomic E-state index is 0.0906. The molecule has 0 atom stereocenters. The molecule has 160 valence electrons. The highest BCUT2D eigenvalue weighted by molar-refractivity contribution is 7.99. The molecule has 1 amide bonds. The summed E-state index contributed by atoms with van der Waals surface area (Å²) in [7, 11) is 0. The number of hydrogen-bond donors (Lipinski definition) is 1. The number of benzene rings is 1. The first-order valence-electron chi connectivity index (χ1n) is 9.85. The summed E-state index contributed by atoms with van der Waals surface area (Å²) in [5.74, 6) is 0.874. The number of tetrazole rings is 1. The Bertz CT molecular complexity index is 1140. The van der Waals surface area contributed by atoms with Crippen molar-refractivity contribution in [3.8, 4) is 0 Å². The topological polar surface area (TPSA) is 104 Å². The number of carbonyl (C=O) groups excluding carboxylic acids is 1. The third kappa shape index (κ3) is 5.21. The normalized spacial score (nSPS) is 11.0. The van der Waals surface area contributed by atoms with Gasteiger partial charge in [0.15, 0.2) is 0 Å². The lowest BCUT2D eigenvalue weighted by molar-refractivity contribution is -0.118. The molecule has 0 bridgehead atoms. The molecular formula is C21H23N7O2S. The number of hydrogen-bond acceptors (Lipinski definition) is 7. The summed E-state index contributed by atoms with van der Waals surface area (Å²) in [4.78, 5) is 12.4. The fourth-order valence-corrected chi connectivity index (χ4v) is 3.92. The number of aryl methyl sites for hydroxylation is 1. The molecule has 0 saturated heterocycles. The van der Waals surface area contributed by atoms with E-state index in [1.807, 2.05) is 48.9 Å². The van der Waals surface area contributed by atoms with E-state index in [0.29, 0.717) is 24.8 Å². The Kier molecular flexibility index (Phi) is 6.46. The molecule has 3 heterocycles. The van der Waals surface area contributed by atoms with Gasteiger partial charge in [0.05, 0.1) is 24.3 Å². The van der Waals surface area contributed by atoms with Crippen molar-refractivity contribution in [2.45, 2.75) is 38.6 Å². The zero-order chi connectivity index (χ0) is 21.6. The second kappa shape index (κ2) is 9.61. The van der Waals surface area contributed by atoms with E-state index < -0.39 is 0 Å². The van der Waals surface area contributed by atoms with Crippen molar-refractivity contribution in [1.82, 2.24) is 35.3 Å². The highest BCUT2D eigenvalue weighted by Crippen LogP contribution is 2.17. The molecule has 31 heavy (non-hydrogen) atoms. The number of furan rings is 1. The summed E-state index contributed by atoms with van der Waals surface area (Å²) < 4.78 is 8.91. The summed E-state index contributed by atoms with van der Waals surface area (Å²) in [6.07, 6.45) is 1.60. The predicted octanol–water partition coefficient (Wildman–Crippen LogP) is 2.58. The Balaban J connectivity index is 1.31. The highest BCUT2D eigenvalue weighted by Gasteiger charge is 2.15. The van der Waals surface area contributed by atoms with Gasteiger partial charge in [-0.05, 0) is 42.0 Å². The van der Waals surface area contributed by atoms with E-state index in [4.69, 9.17) is 4.42 Å². The maximum atomic E-state index is 12.4. The van der Waals surface area contributed by atoms with Crippen LogP contribution >= 0.6 is 11.8 Å². The summed E-state index contributed by atoms with van der Waals surface area (Å²) >= 11 is 1.29. The Labute approximate surface area is 183 Å². The number of aromatic nitrogens is 6. The van der Waals surface area contributed by atoms with Crippen LogP contribution in [0.25, 0.3) is 0 Å². The van der Waals surface area contributed by atoms with Gasteiger partial charge in [0.2, 0.25) is 11.1 Å². The van der Waals surface area contributed by atoms with Crippen molar-refractivity contribution < 1.29 is 9.21 Å². The lowest BCUT2D eigenvalue weighted by atomic mass is 10.2. The van der Waals surface area contributed by atoms with Gasteiger partial charge in [0.25, 0.3) is 0 Å². The smallest absolute Gasteiger partial charge is 0.230 e. The Hall–Kier alpha value is -3.40. The zero-order valence-electron chi connectivity index (χ0n) is 17.4. The van der Waals surface area contributed by atoms with Gasteiger partial charge in [-0.3, -0.25) is 9.48 Å². The second-order valence-corrected chi connectivity index (χ2v) is 8.00. The molecule has 0 aliphatic heterocycles. The number of carbonyl (C=O) groups is 1. The molecule has 4 aromatic rings. The molecule has 1 N–H and O–H groups in total. The van der Waals surface area contributed by atoms with Crippen LogP contribution in [0, 0.1) is 13.8 Å². The average Bonchev–Trinajstić information content (AvgIpc) is 3.49. The molecule has 0 spiro atoms. The first-order valence-corrected chi connectivity index (χ1v) is 10.8. The average molecular weight is 438 g/mol. The van der Waals surface area contributed by atoms with Crippen LogP contribution in [0.3, 0.4) is 0 Å². The standard InChI is InChI=1S/C21H23N7O2S/c1-15-19(16(2)27(24-15)12-17-7-4-3-5-8-17)11-22-20(29)14-31-21-23-25-26-28(21)13-18-9-6-10-30-18/h3-10H,11-14H2,1-2H3,(H,22,29). The number of nitrogens with zero attached hydrogens (tertiary/aromatic N) is 6. The molecule has 9 nitrogen and oxygen atoms in total. The number of amides is 1. The van der Waals surface area contributed by atoms with Crippen LogP contribution in [-0.2, 0) is 24.4 Å². The van der Waals surface area contributed by atoms with Gasteiger partial charge in [-0.2, -0.15) is 5.10 Å². The van der Waals surface area contributed by atoms with Crippen molar-refractivity contribution in [1.29, 1.82) is 0 Å². The molecule has 0 aliphatic rings. The van der Waals surface area contributed by atoms with Crippen molar-refractivity contribution in [3.05, 3.63) is 77.0 Å². The second-order valence-electron chi connectivity index (χ2n) is 7.06. The molecule has 0 radical (unpaired) electrons. The Morgan fingerprint density at radius 3 is 2.71 bits per heavy atom. The lowest BCUT2D eigenvalue weighted by Crippen LogP contribution is -2.25. The molecule has 4 rings (SSSR count). The molecule has 10 heteroatoms. The number of rotatable bonds is 9. The van der Waals surface area contributed by atoms with E-state index in [9.17, 15) is 4.79 Å². The van der Waals surface area contributed by atoms with E-state index in [2.05, 4.69) is 38.1 Å². The van der Waals surface area contributed by atoms with E-state index in [0.717, 1.165) is 22.7 Å². The molecule has 0 saturated carbocycles. The van der Waals surface area contributed by atoms with Gasteiger partial charge >= 0.3 is 0 Å². The maximum Gasteiger partial charge on any atom is 0.230 e. The lowest BCUT2D eigenvalue weighted by Gasteiger charge is -2.07. The van der Waals surface area contributed by atoms with Crippen LogP contribution in [0.5, 0.6) is 0 Å². The third-order valence-electron chi connectivity index (χ3n) is 4.89. The van der Waals surface area contributed by atoms with Gasteiger partial charge in [-0.15, -0.1) is 5.10 Å². The van der Waals surface area contributed by atoms with Crippen molar-refractivity contribution >= 4 is 17.7 Å². The fraction of sp³-hybridized carbons (Fsp3) is 0.286. The third-order valence-corrected chi connectivity index (χ3v) is 5.84. The van der Waals surface area contributed by atoms with Crippen LogP contribution in [0.4, 0.5) is 0 Å². The number of thioether (sulfide) groups is 1. The van der Waals surface area contributed by atoms with E-state index in [1.165, 1.54) is 17.3 Å². The van der Waals surface area contributed by atoms with Crippen LogP contribution in [0.2, 0.25) is 0 Å². The molecule has 0 fully saturated rings. The van der Waals surface area contributed by atoms with Crippen molar-refractivity contribution in [3.63, 3.8) is 0 Å².